The standard InChI is InChI=1S/C15H17N3O3/c19-14-13(17-15(18-14)16-10-3-4-10)9-2-5-11-12(8-9)21-7-1-6-20-11/h2,5,8,10,13H,1,3-4,6-7H2,(H2,16,17,18,19). The van der Waals surface area contributed by atoms with Crippen molar-refractivity contribution in [1.82, 2.24) is 10.6 Å². The largest absolute Gasteiger partial charge is 0.490 e. The number of ether oxygens (including phenoxy) is 2. The summed E-state index contributed by atoms with van der Waals surface area (Å²) in [5.74, 6) is 1.90. The van der Waals surface area contributed by atoms with Crippen LogP contribution in [-0.2, 0) is 4.79 Å². The molecular weight excluding hydrogens is 270 g/mol. The molecule has 1 aromatic rings. The average molecular weight is 287 g/mol. The van der Waals surface area contributed by atoms with Gasteiger partial charge in [0.15, 0.2) is 23.5 Å². The Kier molecular flexibility index (Phi) is 2.94. The molecule has 1 saturated carbocycles. The van der Waals surface area contributed by atoms with Crippen LogP contribution in [-0.4, -0.2) is 31.1 Å². The second kappa shape index (κ2) is 4.95. The Bertz CT molecular complexity index is 610. The van der Waals surface area contributed by atoms with Crippen molar-refractivity contribution < 1.29 is 14.3 Å². The Morgan fingerprint density at radius 2 is 2.00 bits per heavy atom. The average Bonchev–Trinajstić information content (AvgIpc) is 3.24. The zero-order chi connectivity index (χ0) is 14.2. The Morgan fingerprint density at radius 3 is 2.81 bits per heavy atom. The van der Waals surface area contributed by atoms with Gasteiger partial charge in [0.25, 0.3) is 5.91 Å². The van der Waals surface area contributed by atoms with Crippen LogP contribution < -0.4 is 20.1 Å². The molecule has 3 aliphatic rings. The summed E-state index contributed by atoms with van der Waals surface area (Å²) in [5, 5.41) is 6.01. The van der Waals surface area contributed by atoms with Gasteiger partial charge in [-0.2, -0.15) is 0 Å². The molecule has 1 aliphatic carbocycles. The van der Waals surface area contributed by atoms with Gasteiger partial charge >= 0.3 is 0 Å². The molecular formula is C15H17N3O3. The van der Waals surface area contributed by atoms with Gasteiger partial charge in [-0.15, -0.1) is 0 Å². The number of nitrogens with one attached hydrogen (secondary N) is 2. The van der Waals surface area contributed by atoms with E-state index in [1.807, 2.05) is 18.2 Å². The molecule has 2 N–H and O–H groups in total. The lowest BCUT2D eigenvalue weighted by atomic mass is 10.1. The molecule has 6 heteroatoms. The van der Waals surface area contributed by atoms with Gasteiger partial charge in [-0.05, 0) is 30.5 Å². The number of rotatable bonds is 2. The lowest BCUT2D eigenvalue weighted by Gasteiger charge is -2.10. The maximum atomic E-state index is 12.1. The lowest BCUT2D eigenvalue weighted by Crippen LogP contribution is -2.37. The molecule has 2 heterocycles. The van der Waals surface area contributed by atoms with Gasteiger partial charge < -0.3 is 14.8 Å². The van der Waals surface area contributed by atoms with E-state index in [0.717, 1.165) is 30.6 Å². The summed E-state index contributed by atoms with van der Waals surface area (Å²) in [5.41, 5.74) is 0.823. The molecule has 0 spiro atoms. The third-order valence-corrected chi connectivity index (χ3v) is 3.75. The number of nitrogens with zero attached hydrogens (tertiary/aromatic N) is 1. The minimum atomic E-state index is -0.511. The van der Waals surface area contributed by atoms with Crippen LogP contribution in [0.1, 0.15) is 30.9 Å². The Hall–Kier alpha value is -2.24. The molecule has 1 fully saturated rings. The molecule has 1 unspecified atom stereocenters. The molecule has 1 aromatic carbocycles. The van der Waals surface area contributed by atoms with Gasteiger partial charge in [-0.3, -0.25) is 10.1 Å². The van der Waals surface area contributed by atoms with Gasteiger partial charge in [-0.1, -0.05) is 6.07 Å². The van der Waals surface area contributed by atoms with Gasteiger partial charge in [0.2, 0.25) is 0 Å². The first kappa shape index (κ1) is 12.5. The Morgan fingerprint density at radius 1 is 1.19 bits per heavy atom. The smallest absolute Gasteiger partial charge is 0.256 e. The van der Waals surface area contributed by atoms with E-state index in [-0.39, 0.29) is 5.91 Å². The summed E-state index contributed by atoms with van der Waals surface area (Å²) in [6.45, 7) is 1.29. The highest BCUT2D eigenvalue weighted by Gasteiger charge is 2.31. The predicted molar refractivity (Wildman–Crippen MR) is 76.5 cm³/mol. The van der Waals surface area contributed by atoms with E-state index in [4.69, 9.17) is 9.47 Å². The van der Waals surface area contributed by atoms with Gasteiger partial charge in [0.1, 0.15) is 0 Å². The van der Waals surface area contributed by atoms with E-state index < -0.39 is 6.04 Å². The number of amides is 1. The van der Waals surface area contributed by atoms with Crippen LogP contribution >= 0.6 is 0 Å². The van der Waals surface area contributed by atoms with Gasteiger partial charge in [-0.25, -0.2) is 4.99 Å². The first-order valence-corrected chi connectivity index (χ1v) is 7.34. The van der Waals surface area contributed by atoms with E-state index >= 15 is 0 Å². The zero-order valence-corrected chi connectivity index (χ0v) is 11.6. The lowest BCUT2D eigenvalue weighted by molar-refractivity contribution is -0.120. The van der Waals surface area contributed by atoms with Crippen molar-refractivity contribution in [3.63, 3.8) is 0 Å². The van der Waals surface area contributed by atoms with E-state index in [1.54, 1.807) is 0 Å². The van der Waals surface area contributed by atoms with Crippen molar-refractivity contribution in [3.05, 3.63) is 23.8 Å². The second-order valence-corrected chi connectivity index (χ2v) is 5.54. The van der Waals surface area contributed by atoms with Crippen molar-refractivity contribution in [3.8, 4) is 11.5 Å². The molecule has 21 heavy (non-hydrogen) atoms. The summed E-state index contributed by atoms with van der Waals surface area (Å²) in [6.07, 6.45) is 3.15. The van der Waals surface area contributed by atoms with E-state index in [0.29, 0.717) is 31.0 Å². The predicted octanol–water partition coefficient (Wildman–Crippen LogP) is 1.13. The fourth-order valence-electron chi connectivity index (χ4n) is 2.48. The fraction of sp³-hybridized carbons (Fsp3) is 0.467. The summed E-state index contributed by atoms with van der Waals surface area (Å²) in [4.78, 5) is 16.5. The number of fused-ring (bicyclic) bond motifs is 1. The summed E-state index contributed by atoms with van der Waals surface area (Å²) in [7, 11) is 0. The molecule has 2 aliphatic heterocycles. The maximum absolute atomic E-state index is 12.1. The third-order valence-electron chi connectivity index (χ3n) is 3.75. The molecule has 0 saturated heterocycles. The van der Waals surface area contributed by atoms with Crippen LogP contribution in [0.25, 0.3) is 0 Å². The molecule has 0 aromatic heterocycles. The first-order chi connectivity index (χ1) is 10.3. The normalized spacial score (nSPS) is 24.1. The van der Waals surface area contributed by atoms with Crippen LogP contribution in [0.3, 0.4) is 0 Å². The van der Waals surface area contributed by atoms with Crippen molar-refractivity contribution >= 4 is 11.9 Å². The number of carbonyl (C=O) groups excluding carboxylic acids is 1. The molecule has 6 nitrogen and oxygen atoms in total. The quantitative estimate of drug-likeness (QED) is 0.855. The van der Waals surface area contributed by atoms with Crippen molar-refractivity contribution in [1.29, 1.82) is 0 Å². The highest BCUT2D eigenvalue weighted by Crippen LogP contribution is 2.34. The van der Waals surface area contributed by atoms with E-state index in [9.17, 15) is 4.79 Å². The number of benzene rings is 1. The molecule has 0 radical (unpaired) electrons. The van der Waals surface area contributed by atoms with Crippen LogP contribution in [0.15, 0.2) is 23.2 Å². The molecule has 1 amide bonds. The monoisotopic (exact) mass is 287 g/mol. The van der Waals surface area contributed by atoms with Crippen LogP contribution in [0.2, 0.25) is 0 Å². The van der Waals surface area contributed by atoms with Gasteiger partial charge in [0, 0.05) is 12.5 Å². The first-order valence-electron chi connectivity index (χ1n) is 7.34. The number of carbonyl (C=O) groups is 1. The minimum absolute atomic E-state index is 0.104. The van der Waals surface area contributed by atoms with E-state index in [1.165, 1.54) is 0 Å². The van der Waals surface area contributed by atoms with Crippen LogP contribution in [0, 0.1) is 0 Å². The van der Waals surface area contributed by atoms with Crippen LogP contribution in [0.5, 0.6) is 11.5 Å². The van der Waals surface area contributed by atoms with E-state index in [2.05, 4.69) is 15.6 Å². The third kappa shape index (κ3) is 2.53. The molecule has 1 atom stereocenters. The number of hydrogen-bond donors (Lipinski definition) is 2. The Labute approximate surface area is 122 Å². The molecule has 4 rings (SSSR count). The topological polar surface area (TPSA) is 72.0 Å². The molecule has 0 bridgehead atoms. The minimum Gasteiger partial charge on any atom is -0.490 e. The SMILES string of the molecule is O=C1NC(NC2CC2)=NC1c1ccc2c(c1)OCCCO2. The van der Waals surface area contributed by atoms with Gasteiger partial charge in [0.05, 0.1) is 13.2 Å². The summed E-state index contributed by atoms with van der Waals surface area (Å²) in [6, 6.07) is 5.54. The van der Waals surface area contributed by atoms with Crippen molar-refractivity contribution in [2.24, 2.45) is 4.99 Å². The Balaban J connectivity index is 1.59. The summed E-state index contributed by atoms with van der Waals surface area (Å²) >= 11 is 0. The highest BCUT2D eigenvalue weighted by atomic mass is 16.5. The molecule has 110 valence electrons. The highest BCUT2D eigenvalue weighted by molar-refractivity contribution is 6.05. The maximum Gasteiger partial charge on any atom is 0.256 e. The summed E-state index contributed by atoms with van der Waals surface area (Å²) < 4.78 is 11.3. The number of guanidine groups is 1. The fourth-order valence-corrected chi connectivity index (χ4v) is 2.48. The second-order valence-electron chi connectivity index (χ2n) is 5.54. The number of hydrogen-bond acceptors (Lipinski definition) is 5. The van der Waals surface area contributed by atoms with Crippen LogP contribution in [0.4, 0.5) is 0 Å². The number of aliphatic imine (C=N–C) groups is 1. The zero-order valence-electron chi connectivity index (χ0n) is 11.6. The van der Waals surface area contributed by atoms with Crippen molar-refractivity contribution in [2.45, 2.75) is 31.3 Å². The van der Waals surface area contributed by atoms with Crippen molar-refractivity contribution in [2.75, 3.05) is 13.2 Å².